The van der Waals surface area contributed by atoms with Gasteiger partial charge in [-0.15, -0.1) is 0 Å². The first kappa shape index (κ1) is 12.7. The summed E-state index contributed by atoms with van der Waals surface area (Å²) in [4.78, 5) is 11.1. The van der Waals surface area contributed by atoms with E-state index in [1.807, 2.05) is 24.3 Å². The summed E-state index contributed by atoms with van der Waals surface area (Å²) in [6.45, 7) is 4.73. The predicted octanol–water partition coefficient (Wildman–Crippen LogP) is 1.89. The first-order valence-corrected chi connectivity index (χ1v) is 6.02. The maximum absolute atomic E-state index is 11.1. The molecule has 98 valence electrons. The molecule has 18 heavy (non-hydrogen) atoms. The second kappa shape index (κ2) is 5.27. The summed E-state index contributed by atoms with van der Waals surface area (Å²) in [5.74, 6) is 0. The molecule has 1 heterocycles. The summed E-state index contributed by atoms with van der Waals surface area (Å²) < 4.78 is 5.21. The molecule has 1 aromatic carbocycles. The molecule has 0 bridgehead atoms. The zero-order chi connectivity index (χ0) is 13.0. The number of hydrogen-bond donors (Lipinski definition) is 3. The number of urea groups is 1. The maximum atomic E-state index is 11.1. The fourth-order valence-electron chi connectivity index (χ4n) is 1.73. The maximum Gasteiger partial charge on any atom is 0.318 e. The number of carbonyl (C=O) groups is 1. The number of carbonyl (C=O) groups excluding carboxylic acids is 1. The number of amides is 2. The van der Waals surface area contributed by atoms with E-state index in [0.717, 1.165) is 31.1 Å². The van der Waals surface area contributed by atoms with Gasteiger partial charge < -0.3 is 20.7 Å². The van der Waals surface area contributed by atoms with Gasteiger partial charge >= 0.3 is 6.03 Å². The van der Waals surface area contributed by atoms with E-state index in [1.165, 1.54) is 0 Å². The quantitative estimate of drug-likeness (QED) is 0.763. The van der Waals surface area contributed by atoms with Gasteiger partial charge in [0, 0.05) is 30.4 Å². The Morgan fingerprint density at radius 1 is 1.28 bits per heavy atom. The molecule has 2 amide bonds. The molecule has 0 saturated carbocycles. The van der Waals surface area contributed by atoms with Gasteiger partial charge in [-0.2, -0.15) is 0 Å². The average molecular weight is 249 g/mol. The van der Waals surface area contributed by atoms with Crippen LogP contribution in [0.4, 0.5) is 16.2 Å². The molecular weight excluding hydrogens is 230 g/mol. The molecule has 0 atom stereocenters. The first-order valence-electron chi connectivity index (χ1n) is 6.02. The van der Waals surface area contributed by atoms with Crippen molar-refractivity contribution in [1.29, 1.82) is 0 Å². The average Bonchev–Trinajstić information content (AvgIpc) is 2.35. The molecule has 0 radical (unpaired) electrons. The lowest BCUT2D eigenvalue weighted by molar-refractivity contribution is -0.0924. The number of rotatable bonds is 4. The Balaban J connectivity index is 1.85. The Morgan fingerprint density at radius 2 is 1.89 bits per heavy atom. The fourth-order valence-corrected chi connectivity index (χ4v) is 1.73. The Bertz CT molecular complexity index is 413. The Labute approximate surface area is 107 Å². The van der Waals surface area contributed by atoms with Crippen LogP contribution in [0.25, 0.3) is 0 Å². The van der Waals surface area contributed by atoms with Gasteiger partial charge in [-0.05, 0) is 24.3 Å². The molecule has 0 spiro atoms. The van der Waals surface area contributed by atoms with Gasteiger partial charge in [0.2, 0.25) is 0 Å². The minimum Gasteiger partial charge on any atom is -0.384 e. The summed E-state index contributed by atoms with van der Waals surface area (Å²) in [5, 5.41) is 8.60. The van der Waals surface area contributed by atoms with E-state index >= 15 is 0 Å². The third-order valence-corrected chi connectivity index (χ3v) is 2.99. The van der Waals surface area contributed by atoms with Crippen LogP contribution in [-0.4, -0.2) is 32.8 Å². The molecule has 0 aliphatic carbocycles. The zero-order valence-corrected chi connectivity index (χ0v) is 10.7. The second-order valence-corrected chi connectivity index (χ2v) is 4.94. The van der Waals surface area contributed by atoms with Crippen LogP contribution in [0.1, 0.15) is 6.92 Å². The molecule has 2 rings (SSSR count). The second-order valence-electron chi connectivity index (χ2n) is 4.94. The lowest BCUT2D eigenvalue weighted by Crippen LogP contribution is -2.45. The van der Waals surface area contributed by atoms with Crippen molar-refractivity contribution < 1.29 is 9.53 Å². The van der Waals surface area contributed by atoms with E-state index in [1.54, 1.807) is 7.05 Å². The standard InChI is InChI=1S/C13H19N3O2/c1-13(8-18-9-13)7-15-10-3-5-11(6-4-10)16-12(17)14-2/h3-6,15H,7-9H2,1-2H3,(H2,14,16,17). The summed E-state index contributed by atoms with van der Waals surface area (Å²) in [5.41, 5.74) is 2.07. The van der Waals surface area contributed by atoms with Gasteiger partial charge in [-0.3, -0.25) is 0 Å². The van der Waals surface area contributed by atoms with Crippen LogP contribution in [0.2, 0.25) is 0 Å². The number of hydrogen-bond acceptors (Lipinski definition) is 3. The molecule has 1 aliphatic heterocycles. The van der Waals surface area contributed by atoms with E-state index in [2.05, 4.69) is 22.9 Å². The van der Waals surface area contributed by atoms with Gasteiger partial charge in [0.05, 0.1) is 13.2 Å². The normalized spacial score (nSPS) is 16.6. The lowest BCUT2D eigenvalue weighted by atomic mass is 9.89. The number of nitrogens with one attached hydrogen (secondary N) is 3. The van der Waals surface area contributed by atoms with Crippen molar-refractivity contribution in [3.63, 3.8) is 0 Å². The predicted molar refractivity (Wildman–Crippen MR) is 71.9 cm³/mol. The summed E-state index contributed by atoms with van der Waals surface area (Å²) in [6, 6.07) is 7.44. The molecular formula is C13H19N3O2. The van der Waals surface area contributed by atoms with Crippen LogP contribution in [0.15, 0.2) is 24.3 Å². The van der Waals surface area contributed by atoms with Crippen molar-refractivity contribution in [3.8, 4) is 0 Å². The molecule has 1 fully saturated rings. The summed E-state index contributed by atoms with van der Waals surface area (Å²) in [7, 11) is 1.59. The van der Waals surface area contributed by atoms with Crippen molar-refractivity contribution in [2.45, 2.75) is 6.92 Å². The molecule has 1 aromatic rings. The molecule has 0 unspecified atom stereocenters. The van der Waals surface area contributed by atoms with Gasteiger partial charge in [0.15, 0.2) is 0 Å². The van der Waals surface area contributed by atoms with Crippen molar-refractivity contribution >= 4 is 17.4 Å². The van der Waals surface area contributed by atoms with Crippen LogP contribution >= 0.6 is 0 Å². The third-order valence-electron chi connectivity index (χ3n) is 2.99. The fraction of sp³-hybridized carbons (Fsp3) is 0.462. The van der Waals surface area contributed by atoms with E-state index in [4.69, 9.17) is 4.74 Å². The van der Waals surface area contributed by atoms with E-state index in [9.17, 15) is 4.79 Å². The van der Waals surface area contributed by atoms with Crippen molar-refractivity contribution in [2.24, 2.45) is 5.41 Å². The van der Waals surface area contributed by atoms with Crippen LogP contribution in [-0.2, 0) is 4.74 Å². The van der Waals surface area contributed by atoms with Crippen LogP contribution in [0.3, 0.4) is 0 Å². The minimum atomic E-state index is -0.213. The monoisotopic (exact) mass is 249 g/mol. The van der Waals surface area contributed by atoms with Crippen LogP contribution < -0.4 is 16.0 Å². The highest BCUT2D eigenvalue weighted by Gasteiger charge is 2.32. The van der Waals surface area contributed by atoms with Crippen molar-refractivity contribution in [1.82, 2.24) is 5.32 Å². The highest BCUT2D eigenvalue weighted by Crippen LogP contribution is 2.27. The molecule has 5 nitrogen and oxygen atoms in total. The molecule has 0 aromatic heterocycles. The summed E-state index contributed by atoms with van der Waals surface area (Å²) >= 11 is 0. The Morgan fingerprint density at radius 3 is 2.39 bits per heavy atom. The highest BCUT2D eigenvalue weighted by atomic mass is 16.5. The highest BCUT2D eigenvalue weighted by molar-refractivity contribution is 5.89. The minimum absolute atomic E-state index is 0.213. The van der Waals surface area contributed by atoms with Crippen LogP contribution in [0, 0.1) is 5.41 Å². The molecule has 3 N–H and O–H groups in total. The smallest absolute Gasteiger partial charge is 0.318 e. The third kappa shape index (κ3) is 3.13. The van der Waals surface area contributed by atoms with Gasteiger partial charge in [-0.1, -0.05) is 6.92 Å². The summed E-state index contributed by atoms with van der Waals surface area (Å²) in [6.07, 6.45) is 0. The largest absolute Gasteiger partial charge is 0.384 e. The van der Waals surface area contributed by atoms with E-state index in [0.29, 0.717) is 0 Å². The SMILES string of the molecule is CNC(=O)Nc1ccc(NCC2(C)COC2)cc1. The first-order chi connectivity index (χ1) is 8.61. The van der Waals surface area contributed by atoms with Crippen molar-refractivity contribution in [3.05, 3.63) is 24.3 Å². The van der Waals surface area contributed by atoms with E-state index < -0.39 is 0 Å². The molecule has 5 heteroatoms. The zero-order valence-electron chi connectivity index (χ0n) is 10.7. The Kier molecular flexibility index (Phi) is 3.72. The number of benzene rings is 1. The van der Waals surface area contributed by atoms with Gasteiger partial charge in [-0.25, -0.2) is 4.79 Å². The lowest BCUT2D eigenvalue weighted by Gasteiger charge is -2.38. The van der Waals surface area contributed by atoms with Gasteiger partial charge in [0.1, 0.15) is 0 Å². The van der Waals surface area contributed by atoms with Crippen molar-refractivity contribution in [2.75, 3.05) is 37.4 Å². The van der Waals surface area contributed by atoms with E-state index in [-0.39, 0.29) is 11.4 Å². The van der Waals surface area contributed by atoms with Gasteiger partial charge in [0.25, 0.3) is 0 Å². The number of ether oxygens (including phenoxy) is 1. The topological polar surface area (TPSA) is 62.4 Å². The Hall–Kier alpha value is -1.75. The number of anilines is 2. The molecule has 1 aliphatic rings. The molecule has 1 saturated heterocycles. The van der Waals surface area contributed by atoms with Crippen LogP contribution in [0.5, 0.6) is 0 Å².